The Labute approximate surface area is 195 Å². The lowest BCUT2D eigenvalue weighted by molar-refractivity contribution is 0.287. The molecule has 178 valence electrons. The van der Waals surface area contributed by atoms with Crippen LogP contribution in [0.1, 0.15) is 72.1 Å². The Morgan fingerprint density at radius 3 is 2.12 bits per heavy atom. The van der Waals surface area contributed by atoms with Gasteiger partial charge in [0, 0.05) is 18.3 Å². The molecule has 2 aromatic carbocycles. The summed E-state index contributed by atoms with van der Waals surface area (Å²) in [4.78, 5) is 2.46. The fourth-order valence-electron chi connectivity index (χ4n) is 3.76. The van der Waals surface area contributed by atoms with Crippen molar-refractivity contribution in [2.24, 2.45) is 0 Å². The van der Waals surface area contributed by atoms with Crippen molar-refractivity contribution in [1.29, 1.82) is 0 Å². The molecule has 0 spiro atoms. The lowest BCUT2D eigenvalue weighted by Gasteiger charge is -2.32. The van der Waals surface area contributed by atoms with Gasteiger partial charge in [-0.05, 0) is 56.2 Å². The number of ether oxygens (including phenoxy) is 3. The van der Waals surface area contributed by atoms with Gasteiger partial charge in [-0.15, -0.1) is 0 Å². The molecule has 4 heteroatoms. The maximum absolute atomic E-state index is 6.10. The number of unbranched alkanes of at least 4 members (excludes halogenated alkanes) is 6. The second-order valence-corrected chi connectivity index (χ2v) is 8.50. The number of benzene rings is 2. The molecule has 0 aromatic heterocycles. The summed E-state index contributed by atoms with van der Waals surface area (Å²) < 4.78 is 17.4. The molecule has 0 heterocycles. The molecule has 0 bridgehead atoms. The molecule has 0 saturated heterocycles. The maximum Gasteiger partial charge on any atom is 0.121 e. The fraction of sp³-hybridized carbons (Fsp3) is 0.571. The van der Waals surface area contributed by atoms with Crippen molar-refractivity contribution in [2.45, 2.75) is 78.2 Å². The predicted octanol–water partition coefficient (Wildman–Crippen LogP) is 7.51. The quantitative estimate of drug-likeness (QED) is 0.238. The SMILES string of the molecule is CCCCCCOc1cccc(N(CCCCCC)C(C)COc2ccc(OC)cc2)c1. The number of methoxy groups -OCH3 is 1. The average Bonchev–Trinajstić information content (AvgIpc) is 2.83. The Kier molecular flexibility index (Phi) is 12.5. The minimum Gasteiger partial charge on any atom is -0.497 e. The van der Waals surface area contributed by atoms with E-state index in [1.165, 1.54) is 50.6 Å². The largest absolute Gasteiger partial charge is 0.497 e. The Hall–Kier alpha value is -2.36. The highest BCUT2D eigenvalue weighted by Gasteiger charge is 2.16. The highest BCUT2D eigenvalue weighted by atomic mass is 16.5. The molecular formula is C28H43NO3. The van der Waals surface area contributed by atoms with Crippen LogP contribution in [0.25, 0.3) is 0 Å². The zero-order valence-corrected chi connectivity index (χ0v) is 20.6. The van der Waals surface area contributed by atoms with Crippen LogP contribution in [0.2, 0.25) is 0 Å². The van der Waals surface area contributed by atoms with Gasteiger partial charge in [0.2, 0.25) is 0 Å². The van der Waals surface area contributed by atoms with Crippen LogP contribution in [-0.2, 0) is 0 Å². The van der Waals surface area contributed by atoms with E-state index in [-0.39, 0.29) is 6.04 Å². The van der Waals surface area contributed by atoms with Crippen molar-refractivity contribution in [3.05, 3.63) is 48.5 Å². The topological polar surface area (TPSA) is 30.9 Å². The average molecular weight is 442 g/mol. The van der Waals surface area contributed by atoms with Gasteiger partial charge in [0.05, 0.1) is 19.8 Å². The molecule has 0 aliphatic rings. The summed E-state index contributed by atoms with van der Waals surface area (Å²) in [5.74, 6) is 2.67. The van der Waals surface area contributed by atoms with E-state index in [4.69, 9.17) is 14.2 Å². The maximum atomic E-state index is 6.10. The number of nitrogens with zero attached hydrogens (tertiary/aromatic N) is 1. The van der Waals surface area contributed by atoms with Gasteiger partial charge < -0.3 is 19.1 Å². The molecule has 0 radical (unpaired) electrons. The Bertz CT molecular complexity index is 732. The Morgan fingerprint density at radius 1 is 0.750 bits per heavy atom. The van der Waals surface area contributed by atoms with Crippen molar-refractivity contribution in [1.82, 2.24) is 0 Å². The minimum atomic E-state index is 0.249. The molecule has 4 nitrogen and oxygen atoms in total. The molecule has 1 unspecified atom stereocenters. The van der Waals surface area contributed by atoms with Gasteiger partial charge in [-0.1, -0.05) is 58.4 Å². The van der Waals surface area contributed by atoms with E-state index >= 15 is 0 Å². The van der Waals surface area contributed by atoms with Gasteiger partial charge in [-0.2, -0.15) is 0 Å². The lowest BCUT2D eigenvalue weighted by atomic mass is 10.1. The molecule has 0 amide bonds. The Morgan fingerprint density at radius 2 is 1.44 bits per heavy atom. The third kappa shape index (κ3) is 9.42. The standard InChI is InChI=1S/C28H43NO3/c1-5-7-9-11-20-29(24(3)23-32-27-18-16-26(30-4)17-19-27)25-14-13-15-28(22-25)31-21-12-10-8-6-2/h13-19,22,24H,5-12,20-21,23H2,1-4H3. The van der Waals surface area contributed by atoms with Gasteiger partial charge >= 0.3 is 0 Å². The summed E-state index contributed by atoms with van der Waals surface area (Å²) in [6, 6.07) is 16.6. The zero-order valence-electron chi connectivity index (χ0n) is 20.6. The lowest BCUT2D eigenvalue weighted by Crippen LogP contribution is -2.38. The van der Waals surface area contributed by atoms with Crippen molar-refractivity contribution >= 4 is 5.69 Å². The number of anilines is 1. The summed E-state index contributed by atoms with van der Waals surface area (Å²) in [6.07, 6.45) is 9.85. The molecule has 32 heavy (non-hydrogen) atoms. The number of hydrogen-bond donors (Lipinski definition) is 0. The molecule has 2 rings (SSSR count). The molecule has 0 saturated carbocycles. The van der Waals surface area contributed by atoms with Crippen LogP contribution >= 0.6 is 0 Å². The first-order valence-corrected chi connectivity index (χ1v) is 12.4. The van der Waals surface area contributed by atoms with Gasteiger partial charge in [0.25, 0.3) is 0 Å². The van der Waals surface area contributed by atoms with Crippen molar-refractivity contribution in [3.8, 4) is 17.2 Å². The molecule has 0 aliphatic heterocycles. The van der Waals surface area contributed by atoms with Crippen LogP contribution in [0.5, 0.6) is 17.2 Å². The first-order chi connectivity index (χ1) is 15.7. The second kappa shape index (κ2) is 15.4. The van der Waals surface area contributed by atoms with Crippen molar-refractivity contribution in [3.63, 3.8) is 0 Å². The van der Waals surface area contributed by atoms with E-state index in [0.29, 0.717) is 6.61 Å². The van der Waals surface area contributed by atoms with E-state index in [1.807, 2.05) is 24.3 Å². The van der Waals surface area contributed by atoms with Crippen LogP contribution < -0.4 is 19.1 Å². The van der Waals surface area contributed by atoms with Crippen molar-refractivity contribution < 1.29 is 14.2 Å². The van der Waals surface area contributed by atoms with Gasteiger partial charge in [0.15, 0.2) is 0 Å². The molecule has 0 N–H and O–H groups in total. The van der Waals surface area contributed by atoms with Crippen LogP contribution in [0.15, 0.2) is 48.5 Å². The third-order valence-corrected chi connectivity index (χ3v) is 5.75. The highest BCUT2D eigenvalue weighted by molar-refractivity contribution is 5.51. The molecule has 0 fully saturated rings. The predicted molar refractivity (Wildman–Crippen MR) is 136 cm³/mol. The van der Waals surface area contributed by atoms with Crippen LogP contribution in [0, 0.1) is 0 Å². The van der Waals surface area contributed by atoms with Crippen LogP contribution in [0.3, 0.4) is 0 Å². The summed E-state index contributed by atoms with van der Waals surface area (Å²) >= 11 is 0. The van der Waals surface area contributed by atoms with Crippen molar-refractivity contribution in [2.75, 3.05) is 31.8 Å². The molecule has 0 aliphatic carbocycles. The number of hydrogen-bond acceptors (Lipinski definition) is 4. The third-order valence-electron chi connectivity index (χ3n) is 5.75. The van der Waals surface area contributed by atoms with E-state index in [2.05, 4.69) is 49.9 Å². The summed E-state index contributed by atoms with van der Waals surface area (Å²) in [5.41, 5.74) is 1.21. The summed E-state index contributed by atoms with van der Waals surface area (Å²) in [6.45, 7) is 9.16. The molecular weight excluding hydrogens is 398 g/mol. The van der Waals surface area contributed by atoms with Crippen LogP contribution in [0.4, 0.5) is 5.69 Å². The summed E-state index contributed by atoms with van der Waals surface area (Å²) in [7, 11) is 1.68. The monoisotopic (exact) mass is 441 g/mol. The number of rotatable bonds is 17. The van der Waals surface area contributed by atoms with E-state index in [9.17, 15) is 0 Å². The van der Waals surface area contributed by atoms with Gasteiger partial charge in [0.1, 0.15) is 23.9 Å². The zero-order chi connectivity index (χ0) is 23.0. The summed E-state index contributed by atoms with van der Waals surface area (Å²) in [5, 5.41) is 0. The first kappa shape index (κ1) is 25.9. The normalized spacial score (nSPS) is 11.8. The van der Waals surface area contributed by atoms with Gasteiger partial charge in [-0.3, -0.25) is 0 Å². The van der Waals surface area contributed by atoms with E-state index in [1.54, 1.807) is 7.11 Å². The highest BCUT2D eigenvalue weighted by Crippen LogP contribution is 2.25. The van der Waals surface area contributed by atoms with E-state index < -0.39 is 0 Å². The van der Waals surface area contributed by atoms with Gasteiger partial charge in [-0.25, -0.2) is 0 Å². The smallest absolute Gasteiger partial charge is 0.121 e. The first-order valence-electron chi connectivity index (χ1n) is 12.4. The second-order valence-electron chi connectivity index (χ2n) is 8.50. The molecule has 1 atom stereocenters. The Balaban J connectivity index is 2.00. The fourth-order valence-corrected chi connectivity index (χ4v) is 3.76. The van der Waals surface area contributed by atoms with E-state index in [0.717, 1.165) is 36.8 Å². The van der Waals surface area contributed by atoms with Crippen LogP contribution in [-0.4, -0.2) is 32.9 Å². The minimum absolute atomic E-state index is 0.249. The molecule has 2 aromatic rings.